The standard InChI is InChI=1S/C25H41NO7/c1-6-26-11-22(12-30-2)8-7-16(27)24-14-9-13-15(31-3)10-23(28,17(14)18(13)32-4)25(29,21(24)26)20(33-5)19(22)24/h13-21,27-29H,6-12H2,1-5H3/t13-,14?,15+,16+,17?,18+,19?,20+,21+,22+,23-,24+,25-/m1/s1. The summed E-state index contributed by atoms with van der Waals surface area (Å²) in [7, 11) is 6.79. The first-order valence-electron chi connectivity index (χ1n) is 12.7. The first kappa shape index (κ1) is 23.1. The lowest BCUT2D eigenvalue weighted by molar-refractivity contribution is -0.318. The Labute approximate surface area is 196 Å². The summed E-state index contributed by atoms with van der Waals surface area (Å²) in [4.78, 5) is 2.33. The molecule has 6 aliphatic rings. The van der Waals surface area contributed by atoms with E-state index >= 15 is 0 Å². The zero-order valence-corrected chi connectivity index (χ0v) is 20.6. The van der Waals surface area contributed by atoms with Crippen LogP contribution >= 0.6 is 0 Å². The van der Waals surface area contributed by atoms with E-state index in [4.69, 9.17) is 18.9 Å². The Morgan fingerprint density at radius 3 is 2.42 bits per heavy atom. The van der Waals surface area contributed by atoms with Crippen LogP contribution in [0.25, 0.3) is 0 Å². The number of methoxy groups -OCH3 is 4. The highest BCUT2D eigenvalue weighted by molar-refractivity contribution is 5.41. The van der Waals surface area contributed by atoms with Gasteiger partial charge in [-0.2, -0.15) is 0 Å². The molecule has 5 aliphatic carbocycles. The number of aliphatic hydroxyl groups is 3. The number of fused-ring (bicyclic) bond motifs is 2. The van der Waals surface area contributed by atoms with E-state index in [0.717, 1.165) is 25.9 Å². The number of piperidine rings is 1. The normalized spacial score (nSPS) is 60.9. The third kappa shape index (κ3) is 2.20. The van der Waals surface area contributed by atoms with Crippen molar-refractivity contribution in [2.75, 3.05) is 48.1 Å². The van der Waals surface area contributed by atoms with Crippen LogP contribution in [0.4, 0.5) is 0 Å². The second-order valence-electron chi connectivity index (χ2n) is 11.9. The van der Waals surface area contributed by atoms with Crippen molar-refractivity contribution in [2.45, 2.75) is 74.3 Å². The molecule has 0 aromatic heterocycles. The average molecular weight is 468 g/mol. The minimum absolute atomic E-state index is 0.00825. The maximum absolute atomic E-state index is 12.9. The molecule has 3 unspecified atom stereocenters. The highest BCUT2D eigenvalue weighted by Crippen LogP contribution is 2.80. The highest BCUT2D eigenvalue weighted by atomic mass is 16.5. The van der Waals surface area contributed by atoms with Gasteiger partial charge in [0.1, 0.15) is 11.2 Å². The highest BCUT2D eigenvalue weighted by Gasteiger charge is 2.91. The zero-order chi connectivity index (χ0) is 23.6. The number of ether oxygens (including phenoxy) is 4. The Morgan fingerprint density at radius 1 is 1.06 bits per heavy atom. The van der Waals surface area contributed by atoms with Crippen LogP contribution in [0, 0.1) is 34.5 Å². The number of likely N-dealkylation sites (N-methyl/N-ethyl adjacent to an activating group) is 1. The summed E-state index contributed by atoms with van der Waals surface area (Å²) >= 11 is 0. The fourth-order valence-electron chi connectivity index (χ4n) is 11.0. The van der Waals surface area contributed by atoms with Crippen molar-refractivity contribution in [3.63, 3.8) is 0 Å². The van der Waals surface area contributed by atoms with Crippen LogP contribution in [-0.4, -0.2) is 110 Å². The van der Waals surface area contributed by atoms with E-state index in [1.54, 1.807) is 28.4 Å². The predicted molar refractivity (Wildman–Crippen MR) is 119 cm³/mol. The van der Waals surface area contributed by atoms with Crippen molar-refractivity contribution in [3.8, 4) is 0 Å². The Balaban J connectivity index is 1.67. The lowest BCUT2D eigenvalue weighted by Crippen LogP contribution is -2.82. The molecule has 6 fully saturated rings. The molecule has 3 N–H and O–H groups in total. The summed E-state index contributed by atoms with van der Waals surface area (Å²) < 4.78 is 24.0. The molecule has 7 bridgehead atoms. The molecule has 8 heteroatoms. The predicted octanol–water partition coefficient (Wildman–Crippen LogP) is 0.271. The summed E-state index contributed by atoms with van der Waals surface area (Å²) in [5.41, 5.74) is -3.82. The van der Waals surface area contributed by atoms with Gasteiger partial charge in [0, 0.05) is 70.0 Å². The van der Waals surface area contributed by atoms with Gasteiger partial charge in [-0.3, -0.25) is 4.90 Å². The second-order valence-corrected chi connectivity index (χ2v) is 11.9. The molecule has 8 nitrogen and oxygen atoms in total. The Bertz CT molecular complexity index is 814. The smallest absolute Gasteiger partial charge is 0.136 e. The molecule has 1 spiro atoms. The van der Waals surface area contributed by atoms with Crippen molar-refractivity contribution < 1.29 is 34.3 Å². The van der Waals surface area contributed by atoms with Crippen LogP contribution in [0.2, 0.25) is 0 Å². The molecule has 0 aromatic carbocycles. The minimum atomic E-state index is -1.55. The number of aliphatic hydroxyl groups excluding tert-OH is 1. The van der Waals surface area contributed by atoms with Crippen LogP contribution in [0.1, 0.15) is 32.6 Å². The van der Waals surface area contributed by atoms with Gasteiger partial charge in [-0.15, -0.1) is 0 Å². The van der Waals surface area contributed by atoms with Crippen LogP contribution in [0.5, 0.6) is 0 Å². The number of hydrogen-bond donors (Lipinski definition) is 3. The topological polar surface area (TPSA) is 101 Å². The number of hydrogen-bond acceptors (Lipinski definition) is 8. The fourth-order valence-corrected chi connectivity index (χ4v) is 11.0. The first-order chi connectivity index (χ1) is 15.8. The molecule has 0 amide bonds. The van der Waals surface area contributed by atoms with Gasteiger partial charge in [0.05, 0.1) is 37.1 Å². The fraction of sp³-hybridized carbons (Fsp3) is 1.00. The Morgan fingerprint density at radius 2 is 1.82 bits per heavy atom. The van der Waals surface area contributed by atoms with Gasteiger partial charge >= 0.3 is 0 Å². The third-order valence-corrected chi connectivity index (χ3v) is 11.5. The van der Waals surface area contributed by atoms with Crippen LogP contribution in [-0.2, 0) is 18.9 Å². The lowest BCUT2D eigenvalue weighted by atomic mass is 9.42. The summed E-state index contributed by atoms with van der Waals surface area (Å²) in [5.74, 6) is -0.231. The van der Waals surface area contributed by atoms with E-state index in [9.17, 15) is 15.3 Å². The first-order valence-corrected chi connectivity index (χ1v) is 12.7. The number of likely N-dealkylation sites (tertiary alicyclic amines) is 1. The SMILES string of the molecule is CCN1C[C@]2(COC)CC[C@H](O)[C@@]34C5C[C@@H]6[C@@H](OC)C[C@@](O)(C5[C@H]6OC)[C@@](O)([C@@H](OC)C23)[C@@H]14. The second kappa shape index (κ2) is 7.13. The van der Waals surface area contributed by atoms with Gasteiger partial charge in [0.15, 0.2) is 0 Å². The van der Waals surface area contributed by atoms with E-state index in [0.29, 0.717) is 19.4 Å². The lowest BCUT2D eigenvalue weighted by Gasteiger charge is -2.69. The Kier molecular flexibility index (Phi) is 4.99. The zero-order valence-electron chi connectivity index (χ0n) is 20.6. The molecule has 188 valence electrons. The van der Waals surface area contributed by atoms with E-state index < -0.39 is 28.8 Å². The van der Waals surface area contributed by atoms with Crippen molar-refractivity contribution in [3.05, 3.63) is 0 Å². The average Bonchev–Trinajstić information content (AvgIpc) is 3.22. The molecule has 33 heavy (non-hydrogen) atoms. The quantitative estimate of drug-likeness (QED) is 0.512. The molecule has 13 atom stereocenters. The van der Waals surface area contributed by atoms with E-state index in [2.05, 4.69) is 11.8 Å². The molecular formula is C25H41NO7. The van der Waals surface area contributed by atoms with Gasteiger partial charge in [-0.25, -0.2) is 0 Å². The van der Waals surface area contributed by atoms with Crippen LogP contribution < -0.4 is 0 Å². The maximum atomic E-state index is 12.9. The van der Waals surface area contributed by atoms with Crippen molar-refractivity contribution in [2.24, 2.45) is 34.5 Å². The van der Waals surface area contributed by atoms with Gasteiger partial charge in [0.25, 0.3) is 0 Å². The molecule has 1 saturated heterocycles. The number of nitrogens with zero attached hydrogens (tertiary/aromatic N) is 1. The van der Waals surface area contributed by atoms with Crippen molar-refractivity contribution >= 4 is 0 Å². The van der Waals surface area contributed by atoms with E-state index in [1.807, 2.05) is 0 Å². The molecule has 0 aromatic rings. The van der Waals surface area contributed by atoms with E-state index in [-0.39, 0.29) is 47.3 Å². The van der Waals surface area contributed by atoms with E-state index in [1.165, 1.54) is 0 Å². The maximum Gasteiger partial charge on any atom is 0.136 e. The van der Waals surface area contributed by atoms with Crippen molar-refractivity contribution in [1.82, 2.24) is 4.90 Å². The van der Waals surface area contributed by atoms with Gasteiger partial charge in [-0.05, 0) is 31.7 Å². The van der Waals surface area contributed by atoms with Gasteiger partial charge in [0.2, 0.25) is 0 Å². The minimum Gasteiger partial charge on any atom is -0.392 e. The van der Waals surface area contributed by atoms with Gasteiger partial charge < -0.3 is 34.3 Å². The van der Waals surface area contributed by atoms with Crippen LogP contribution in [0.3, 0.4) is 0 Å². The van der Waals surface area contributed by atoms with Crippen molar-refractivity contribution in [1.29, 1.82) is 0 Å². The molecular weight excluding hydrogens is 426 g/mol. The number of rotatable bonds is 6. The van der Waals surface area contributed by atoms with Gasteiger partial charge in [-0.1, -0.05) is 6.92 Å². The Hall–Kier alpha value is -0.320. The molecule has 1 heterocycles. The summed E-state index contributed by atoms with van der Waals surface area (Å²) in [6.45, 7) is 4.18. The molecule has 0 radical (unpaired) electrons. The van der Waals surface area contributed by atoms with Crippen LogP contribution in [0.15, 0.2) is 0 Å². The monoisotopic (exact) mass is 467 g/mol. The molecule has 1 aliphatic heterocycles. The summed E-state index contributed by atoms with van der Waals surface area (Å²) in [5, 5.41) is 37.6. The molecule has 5 saturated carbocycles. The third-order valence-electron chi connectivity index (χ3n) is 11.5. The summed E-state index contributed by atoms with van der Waals surface area (Å²) in [6, 6.07) is -0.386. The largest absolute Gasteiger partial charge is 0.392 e. The summed E-state index contributed by atoms with van der Waals surface area (Å²) in [6.07, 6.45) is 1.06. The molecule has 6 rings (SSSR count).